The lowest BCUT2D eigenvalue weighted by atomic mass is 10.2. The fourth-order valence-corrected chi connectivity index (χ4v) is 3.30. The van der Waals surface area contributed by atoms with Crippen LogP contribution in [0.15, 0.2) is 63.2 Å². The predicted molar refractivity (Wildman–Crippen MR) is 111 cm³/mol. The number of H-pyrrole nitrogens is 1. The van der Waals surface area contributed by atoms with Gasteiger partial charge in [0, 0.05) is 12.5 Å². The maximum absolute atomic E-state index is 12.9. The van der Waals surface area contributed by atoms with Crippen molar-refractivity contribution >= 4 is 27.7 Å². The highest BCUT2D eigenvalue weighted by Gasteiger charge is 2.21. The van der Waals surface area contributed by atoms with Gasteiger partial charge in [-0.3, -0.25) is 14.9 Å². The molecule has 0 fully saturated rings. The van der Waals surface area contributed by atoms with Gasteiger partial charge in [-0.25, -0.2) is 17.9 Å². The minimum absolute atomic E-state index is 0.0474. The second kappa shape index (κ2) is 8.37. The standard InChI is InChI=1S/C20H19N3O6S/c1-3-29-20(26)18-15(19(25)23(22-18)13-7-5-4-6-8-13)12-21-16-11-14(30(2,27)28)9-10-17(16)24/h4-12,22,24H,3H2,1-2H3. The van der Waals surface area contributed by atoms with Gasteiger partial charge >= 0.3 is 5.97 Å². The number of carbonyl (C=O) groups is 1. The van der Waals surface area contributed by atoms with Crippen molar-refractivity contribution in [2.24, 2.45) is 4.99 Å². The van der Waals surface area contributed by atoms with Crippen LogP contribution < -0.4 is 5.56 Å². The van der Waals surface area contributed by atoms with Gasteiger partial charge in [-0.15, -0.1) is 0 Å². The monoisotopic (exact) mass is 429 g/mol. The molecule has 0 atom stereocenters. The van der Waals surface area contributed by atoms with Gasteiger partial charge in [0.1, 0.15) is 11.4 Å². The number of nitrogens with zero attached hydrogens (tertiary/aromatic N) is 2. The van der Waals surface area contributed by atoms with E-state index in [2.05, 4.69) is 10.1 Å². The molecule has 1 aromatic heterocycles. The van der Waals surface area contributed by atoms with E-state index >= 15 is 0 Å². The molecule has 9 nitrogen and oxygen atoms in total. The van der Waals surface area contributed by atoms with Gasteiger partial charge in [-0.1, -0.05) is 18.2 Å². The first-order chi connectivity index (χ1) is 14.2. The highest BCUT2D eigenvalue weighted by Crippen LogP contribution is 2.29. The van der Waals surface area contributed by atoms with Gasteiger partial charge in [-0.2, -0.15) is 0 Å². The molecule has 30 heavy (non-hydrogen) atoms. The number of nitrogens with one attached hydrogen (secondary N) is 1. The average molecular weight is 429 g/mol. The average Bonchev–Trinajstić information content (AvgIpc) is 3.04. The molecule has 0 bridgehead atoms. The third kappa shape index (κ3) is 4.33. The van der Waals surface area contributed by atoms with Crippen LogP contribution in [0.2, 0.25) is 0 Å². The Morgan fingerprint density at radius 3 is 2.57 bits per heavy atom. The molecule has 0 aliphatic rings. The predicted octanol–water partition coefficient (Wildman–Crippen LogP) is 2.20. The van der Waals surface area contributed by atoms with Crippen LogP contribution in [0.25, 0.3) is 5.69 Å². The molecule has 156 valence electrons. The summed E-state index contributed by atoms with van der Waals surface area (Å²) >= 11 is 0. The number of phenolic OH excluding ortho intramolecular Hbond substituents is 1. The lowest BCUT2D eigenvalue weighted by Crippen LogP contribution is -2.17. The third-order valence-electron chi connectivity index (χ3n) is 4.13. The number of hydrogen-bond donors (Lipinski definition) is 2. The van der Waals surface area contributed by atoms with E-state index in [0.29, 0.717) is 5.69 Å². The van der Waals surface area contributed by atoms with Crippen molar-refractivity contribution in [3.05, 3.63) is 70.1 Å². The van der Waals surface area contributed by atoms with Gasteiger partial charge in [0.2, 0.25) is 0 Å². The summed E-state index contributed by atoms with van der Waals surface area (Å²) in [5.41, 5.74) is -0.351. The van der Waals surface area contributed by atoms with Gasteiger partial charge < -0.3 is 9.84 Å². The molecular formula is C20H19N3O6S. The first kappa shape index (κ1) is 21.1. The normalized spacial score (nSPS) is 11.7. The smallest absolute Gasteiger partial charge is 0.357 e. The Balaban J connectivity index is 2.13. The van der Waals surface area contributed by atoms with Crippen molar-refractivity contribution in [3.8, 4) is 11.4 Å². The number of ether oxygens (including phenoxy) is 1. The summed E-state index contributed by atoms with van der Waals surface area (Å²) in [4.78, 5) is 29.2. The van der Waals surface area contributed by atoms with Crippen LogP contribution in [-0.4, -0.2) is 48.4 Å². The number of aromatic amines is 1. The van der Waals surface area contributed by atoms with Crippen LogP contribution in [0.5, 0.6) is 5.75 Å². The molecule has 0 spiro atoms. The zero-order valence-corrected chi connectivity index (χ0v) is 17.0. The van der Waals surface area contributed by atoms with E-state index in [0.717, 1.165) is 12.5 Å². The molecule has 2 N–H and O–H groups in total. The minimum Gasteiger partial charge on any atom is -0.506 e. The van der Waals surface area contributed by atoms with Crippen LogP contribution in [0, 0.1) is 0 Å². The van der Waals surface area contributed by atoms with Crippen molar-refractivity contribution in [2.45, 2.75) is 11.8 Å². The van der Waals surface area contributed by atoms with Crippen LogP contribution in [-0.2, 0) is 14.6 Å². The zero-order valence-electron chi connectivity index (χ0n) is 16.2. The molecule has 3 aromatic rings. The lowest BCUT2D eigenvalue weighted by molar-refractivity contribution is 0.0518. The molecule has 2 aromatic carbocycles. The Kier molecular flexibility index (Phi) is 5.88. The lowest BCUT2D eigenvalue weighted by Gasteiger charge is -2.02. The molecule has 10 heteroatoms. The topological polar surface area (TPSA) is 131 Å². The van der Waals surface area contributed by atoms with E-state index in [1.54, 1.807) is 37.3 Å². The van der Waals surface area contributed by atoms with Crippen molar-refractivity contribution in [1.82, 2.24) is 9.78 Å². The van der Waals surface area contributed by atoms with Crippen molar-refractivity contribution in [1.29, 1.82) is 0 Å². The number of aromatic nitrogens is 2. The number of rotatable bonds is 6. The first-order valence-electron chi connectivity index (χ1n) is 8.87. The Hall–Kier alpha value is -3.66. The van der Waals surface area contributed by atoms with Gasteiger partial charge in [-0.05, 0) is 37.3 Å². The molecule has 0 unspecified atom stereocenters. The Morgan fingerprint density at radius 1 is 1.23 bits per heavy atom. The van der Waals surface area contributed by atoms with Crippen LogP contribution in [0.3, 0.4) is 0 Å². The quantitative estimate of drug-likeness (QED) is 0.456. The maximum Gasteiger partial charge on any atom is 0.357 e. The minimum atomic E-state index is -3.53. The molecule has 0 saturated carbocycles. The summed E-state index contributed by atoms with van der Waals surface area (Å²) in [6.07, 6.45) is 2.11. The molecule has 1 heterocycles. The number of aliphatic imine (C=N–C) groups is 1. The highest BCUT2D eigenvalue weighted by molar-refractivity contribution is 7.90. The van der Waals surface area contributed by atoms with Gasteiger partial charge in [0.05, 0.1) is 22.8 Å². The number of phenols is 1. The number of carbonyl (C=O) groups excluding carboxylic acids is 1. The molecule has 0 aliphatic carbocycles. The maximum atomic E-state index is 12.9. The fourth-order valence-electron chi connectivity index (χ4n) is 2.66. The van der Waals surface area contributed by atoms with Gasteiger partial charge in [0.15, 0.2) is 15.5 Å². The third-order valence-corrected chi connectivity index (χ3v) is 5.24. The van der Waals surface area contributed by atoms with E-state index in [1.165, 1.54) is 22.9 Å². The Morgan fingerprint density at radius 2 is 1.93 bits per heavy atom. The van der Waals surface area contributed by atoms with Crippen LogP contribution in [0.4, 0.5) is 5.69 Å². The highest BCUT2D eigenvalue weighted by atomic mass is 32.2. The van der Waals surface area contributed by atoms with E-state index in [9.17, 15) is 23.1 Å². The second-order valence-electron chi connectivity index (χ2n) is 6.28. The first-order valence-corrected chi connectivity index (χ1v) is 10.8. The van der Waals surface area contributed by atoms with E-state index in [1.807, 2.05) is 0 Å². The summed E-state index contributed by atoms with van der Waals surface area (Å²) in [6.45, 7) is 1.73. The van der Waals surface area contributed by atoms with E-state index in [-0.39, 0.29) is 34.2 Å². The molecule has 0 saturated heterocycles. The number of sulfone groups is 1. The number of benzene rings is 2. The molecule has 3 rings (SSSR count). The van der Waals surface area contributed by atoms with E-state index < -0.39 is 21.4 Å². The molecule has 0 radical (unpaired) electrons. The Labute approximate surface area is 172 Å². The summed E-state index contributed by atoms with van der Waals surface area (Å²) < 4.78 is 29.7. The van der Waals surface area contributed by atoms with Gasteiger partial charge in [0.25, 0.3) is 5.56 Å². The summed E-state index contributed by atoms with van der Waals surface area (Å²) in [7, 11) is -3.53. The number of hydrogen-bond acceptors (Lipinski definition) is 7. The number of para-hydroxylation sites is 1. The molecule has 0 amide bonds. The molecule has 0 aliphatic heterocycles. The fraction of sp³-hybridized carbons (Fsp3) is 0.150. The summed E-state index contributed by atoms with van der Waals surface area (Å²) in [5.74, 6) is -1.03. The zero-order chi connectivity index (χ0) is 21.9. The summed E-state index contributed by atoms with van der Waals surface area (Å²) in [6, 6.07) is 12.2. The second-order valence-corrected chi connectivity index (χ2v) is 8.29. The SMILES string of the molecule is CCOC(=O)c1[nH]n(-c2ccccc2)c(=O)c1C=Nc1cc(S(C)(=O)=O)ccc1O. The molecular weight excluding hydrogens is 410 g/mol. The van der Waals surface area contributed by atoms with Crippen LogP contribution in [0.1, 0.15) is 23.0 Å². The Bertz CT molecular complexity index is 1270. The van der Waals surface area contributed by atoms with Crippen molar-refractivity contribution in [3.63, 3.8) is 0 Å². The van der Waals surface area contributed by atoms with Crippen molar-refractivity contribution < 1.29 is 23.1 Å². The number of aromatic hydroxyl groups is 1. The van der Waals surface area contributed by atoms with Crippen LogP contribution >= 0.6 is 0 Å². The van der Waals surface area contributed by atoms with E-state index in [4.69, 9.17) is 4.74 Å². The summed E-state index contributed by atoms with van der Waals surface area (Å²) in [5, 5.41) is 12.7. The number of esters is 1. The largest absolute Gasteiger partial charge is 0.506 e. The van der Waals surface area contributed by atoms with Crippen molar-refractivity contribution in [2.75, 3.05) is 12.9 Å².